The Labute approximate surface area is 165 Å². The first kappa shape index (κ1) is 18.7. The van der Waals surface area contributed by atoms with Gasteiger partial charge >= 0.3 is 0 Å². The molecule has 134 valence electrons. The largest absolute Gasteiger partial charge is 0.507 e. The van der Waals surface area contributed by atoms with Crippen LogP contribution in [0.5, 0.6) is 5.75 Å². The Balaban J connectivity index is 2.07. The van der Waals surface area contributed by atoms with Crippen LogP contribution >= 0.6 is 34.8 Å². The monoisotopic (exact) mass is 408 g/mol. The third-order valence-electron chi connectivity index (χ3n) is 3.70. The Kier molecular flexibility index (Phi) is 5.23. The third kappa shape index (κ3) is 4.01. The van der Waals surface area contributed by atoms with Crippen molar-refractivity contribution in [2.45, 2.75) is 17.6 Å². The average Bonchev–Trinajstić information content (AvgIpc) is 2.56. The van der Waals surface area contributed by atoms with E-state index in [1.54, 1.807) is 24.3 Å². The van der Waals surface area contributed by atoms with E-state index in [1.165, 1.54) is 6.21 Å². The number of para-hydroxylation sites is 1. The predicted molar refractivity (Wildman–Crippen MR) is 108 cm³/mol. The SMILES string of the molecule is Cc1cc(C)c2nc(C(Cl)(Cl)Cl)nc(N/N=C/c3ccccc3O)c2c1. The predicted octanol–water partition coefficient (Wildman–Crippen LogP) is 5.22. The van der Waals surface area contributed by atoms with E-state index in [9.17, 15) is 5.11 Å². The van der Waals surface area contributed by atoms with E-state index in [-0.39, 0.29) is 11.6 Å². The van der Waals surface area contributed by atoms with Crippen LogP contribution in [-0.4, -0.2) is 21.3 Å². The molecule has 0 aliphatic carbocycles. The molecule has 0 radical (unpaired) electrons. The van der Waals surface area contributed by atoms with Gasteiger partial charge in [0, 0.05) is 10.9 Å². The molecule has 1 aromatic heterocycles. The van der Waals surface area contributed by atoms with Crippen molar-refractivity contribution >= 4 is 57.7 Å². The van der Waals surface area contributed by atoms with Crippen LogP contribution in [0.15, 0.2) is 41.5 Å². The van der Waals surface area contributed by atoms with Crippen molar-refractivity contribution in [3.8, 4) is 5.75 Å². The Hall–Kier alpha value is -2.08. The van der Waals surface area contributed by atoms with Gasteiger partial charge in [0.2, 0.25) is 3.79 Å². The van der Waals surface area contributed by atoms with Crippen molar-refractivity contribution < 1.29 is 5.11 Å². The normalized spacial score (nSPS) is 12.0. The van der Waals surface area contributed by atoms with Gasteiger partial charge in [-0.1, -0.05) is 53.0 Å². The van der Waals surface area contributed by atoms with Gasteiger partial charge in [-0.3, -0.25) is 5.43 Å². The summed E-state index contributed by atoms with van der Waals surface area (Å²) in [6.45, 7) is 3.91. The minimum absolute atomic E-state index is 0.0576. The van der Waals surface area contributed by atoms with E-state index in [4.69, 9.17) is 34.8 Å². The maximum absolute atomic E-state index is 9.81. The summed E-state index contributed by atoms with van der Waals surface area (Å²) in [5.74, 6) is 0.594. The second-order valence-corrected chi connectivity index (χ2v) is 8.08. The number of benzene rings is 2. The van der Waals surface area contributed by atoms with Crippen LogP contribution < -0.4 is 5.43 Å². The van der Waals surface area contributed by atoms with E-state index >= 15 is 0 Å². The Bertz CT molecular complexity index is 1000. The minimum atomic E-state index is -1.76. The van der Waals surface area contributed by atoms with Crippen LogP contribution in [0.3, 0.4) is 0 Å². The molecule has 1 heterocycles. The van der Waals surface area contributed by atoms with E-state index in [2.05, 4.69) is 20.5 Å². The zero-order valence-electron chi connectivity index (χ0n) is 14.0. The number of aryl methyl sites for hydroxylation is 2. The van der Waals surface area contributed by atoms with Crippen molar-refractivity contribution in [2.24, 2.45) is 5.10 Å². The van der Waals surface area contributed by atoms with Crippen LogP contribution in [0.2, 0.25) is 0 Å². The molecule has 2 N–H and O–H groups in total. The van der Waals surface area contributed by atoms with Crippen LogP contribution in [0.1, 0.15) is 22.5 Å². The van der Waals surface area contributed by atoms with Gasteiger partial charge in [-0.05, 0) is 43.2 Å². The fraction of sp³-hybridized carbons (Fsp3) is 0.167. The zero-order valence-corrected chi connectivity index (χ0v) is 16.2. The van der Waals surface area contributed by atoms with Crippen LogP contribution in [-0.2, 0) is 3.79 Å². The summed E-state index contributed by atoms with van der Waals surface area (Å²) >= 11 is 17.9. The number of nitrogens with one attached hydrogen (secondary N) is 1. The third-order valence-corrected chi connectivity index (χ3v) is 4.21. The molecule has 0 saturated carbocycles. The molecule has 0 atom stereocenters. The highest BCUT2D eigenvalue weighted by Gasteiger charge is 2.28. The molecule has 3 rings (SSSR count). The molecule has 8 heteroatoms. The number of halogens is 3. The van der Waals surface area contributed by atoms with Crippen molar-refractivity contribution in [1.29, 1.82) is 0 Å². The van der Waals surface area contributed by atoms with E-state index in [1.807, 2.05) is 26.0 Å². The van der Waals surface area contributed by atoms with Gasteiger partial charge in [0.25, 0.3) is 0 Å². The van der Waals surface area contributed by atoms with Crippen molar-refractivity contribution in [1.82, 2.24) is 9.97 Å². The van der Waals surface area contributed by atoms with Gasteiger partial charge in [-0.15, -0.1) is 0 Å². The number of hydrogen-bond donors (Lipinski definition) is 2. The first-order chi connectivity index (χ1) is 12.3. The molecule has 0 spiro atoms. The average molecular weight is 410 g/mol. The fourth-order valence-electron chi connectivity index (χ4n) is 2.56. The molecule has 0 amide bonds. The molecule has 2 aromatic carbocycles. The number of hydrazone groups is 1. The molecule has 0 bridgehead atoms. The molecule has 0 saturated heterocycles. The smallest absolute Gasteiger partial charge is 0.250 e. The number of phenolic OH excluding ortho intramolecular Hbond substituents is 1. The first-order valence-electron chi connectivity index (χ1n) is 7.69. The van der Waals surface area contributed by atoms with Gasteiger partial charge in [-0.2, -0.15) is 5.10 Å². The van der Waals surface area contributed by atoms with Crippen LogP contribution in [0, 0.1) is 13.8 Å². The van der Waals surface area contributed by atoms with Gasteiger partial charge in [-0.25, -0.2) is 9.97 Å². The highest BCUT2D eigenvalue weighted by atomic mass is 35.6. The van der Waals surface area contributed by atoms with Crippen molar-refractivity contribution in [3.63, 3.8) is 0 Å². The number of nitrogens with zero attached hydrogens (tertiary/aromatic N) is 3. The number of aromatic hydroxyl groups is 1. The highest BCUT2D eigenvalue weighted by molar-refractivity contribution is 6.66. The van der Waals surface area contributed by atoms with Gasteiger partial charge in [0.05, 0.1) is 11.7 Å². The molecule has 5 nitrogen and oxygen atoms in total. The molecule has 3 aromatic rings. The first-order valence-corrected chi connectivity index (χ1v) is 8.82. The lowest BCUT2D eigenvalue weighted by Crippen LogP contribution is -2.10. The van der Waals surface area contributed by atoms with Gasteiger partial charge in [0.15, 0.2) is 11.6 Å². The summed E-state index contributed by atoms with van der Waals surface area (Å²) in [6, 6.07) is 10.8. The summed E-state index contributed by atoms with van der Waals surface area (Å²) in [7, 11) is 0. The van der Waals surface area contributed by atoms with Crippen LogP contribution in [0.25, 0.3) is 10.9 Å². The summed E-state index contributed by atoms with van der Waals surface area (Å²) in [6.07, 6.45) is 1.49. The summed E-state index contributed by atoms with van der Waals surface area (Å²) in [5.41, 5.74) is 6.08. The topological polar surface area (TPSA) is 70.4 Å². The van der Waals surface area contributed by atoms with E-state index < -0.39 is 3.79 Å². The maximum Gasteiger partial charge on any atom is 0.250 e. The molecular formula is C18H15Cl3N4O. The lowest BCUT2D eigenvalue weighted by atomic mass is 10.1. The Morgan fingerprint density at radius 2 is 1.85 bits per heavy atom. The minimum Gasteiger partial charge on any atom is -0.507 e. The lowest BCUT2D eigenvalue weighted by molar-refractivity contribution is 0.474. The molecule has 0 aliphatic heterocycles. The summed E-state index contributed by atoms with van der Waals surface area (Å²) in [4.78, 5) is 8.70. The second kappa shape index (κ2) is 7.27. The maximum atomic E-state index is 9.81. The van der Waals surface area contributed by atoms with E-state index in [0.29, 0.717) is 16.9 Å². The standard InChI is InChI=1S/C18H15Cl3N4O/c1-10-7-11(2)15-13(8-10)16(24-17(23-15)18(19,20)21)25-22-9-12-5-3-4-6-14(12)26/h3-9,26H,1-2H3,(H,23,24,25)/b22-9+. The molecular weight excluding hydrogens is 395 g/mol. The number of hydrogen-bond acceptors (Lipinski definition) is 5. The molecule has 0 unspecified atom stereocenters. The Morgan fingerprint density at radius 1 is 1.12 bits per heavy atom. The molecule has 26 heavy (non-hydrogen) atoms. The highest BCUT2D eigenvalue weighted by Crippen LogP contribution is 2.38. The number of anilines is 1. The number of alkyl halides is 3. The quantitative estimate of drug-likeness (QED) is 0.353. The van der Waals surface area contributed by atoms with Crippen LogP contribution in [0.4, 0.5) is 5.82 Å². The van der Waals surface area contributed by atoms with Crippen molar-refractivity contribution in [2.75, 3.05) is 5.43 Å². The lowest BCUT2D eigenvalue weighted by Gasteiger charge is -2.14. The number of rotatable bonds is 3. The summed E-state index contributed by atoms with van der Waals surface area (Å²) in [5, 5.41) is 14.7. The van der Waals surface area contributed by atoms with Gasteiger partial charge in [0.1, 0.15) is 5.75 Å². The second-order valence-electron chi connectivity index (χ2n) is 5.80. The number of aromatic nitrogens is 2. The van der Waals surface area contributed by atoms with Crippen molar-refractivity contribution in [3.05, 3.63) is 58.9 Å². The molecule has 0 aliphatic rings. The number of fused-ring (bicyclic) bond motifs is 1. The fourth-order valence-corrected chi connectivity index (χ4v) is 2.81. The van der Waals surface area contributed by atoms with E-state index in [0.717, 1.165) is 16.5 Å². The zero-order chi connectivity index (χ0) is 18.9. The number of phenols is 1. The van der Waals surface area contributed by atoms with Gasteiger partial charge < -0.3 is 5.11 Å². The summed E-state index contributed by atoms with van der Waals surface area (Å²) < 4.78 is -1.76. The molecule has 0 fully saturated rings. The Morgan fingerprint density at radius 3 is 2.54 bits per heavy atom.